The largest absolute Gasteiger partial charge is 0.493 e. The molecule has 0 radical (unpaired) electrons. The number of sulfonamides is 1. The van der Waals surface area contributed by atoms with Crippen LogP contribution in [0.5, 0.6) is 11.5 Å². The average Bonchev–Trinajstić information content (AvgIpc) is 2.99. The van der Waals surface area contributed by atoms with Crippen molar-refractivity contribution in [1.82, 2.24) is 4.57 Å². The van der Waals surface area contributed by atoms with E-state index >= 15 is 0 Å². The molecule has 0 saturated heterocycles. The predicted molar refractivity (Wildman–Crippen MR) is 106 cm³/mol. The summed E-state index contributed by atoms with van der Waals surface area (Å²) >= 11 is 0. The van der Waals surface area contributed by atoms with Gasteiger partial charge in [-0.25, -0.2) is 8.42 Å². The van der Waals surface area contributed by atoms with E-state index in [-0.39, 0.29) is 4.90 Å². The highest BCUT2D eigenvalue weighted by molar-refractivity contribution is 7.92. The van der Waals surface area contributed by atoms with E-state index in [4.69, 9.17) is 9.47 Å². The highest BCUT2D eigenvalue weighted by atomic mass is 32.2. The van der Waals surface area contributed by atoms with Crippen molar-refractivity contribution in [2.75, 3.05) is 18.9 Å². The summed E-state index contributed by atoms with van der Waals surface area (Å²) in [6, 6.07) is 15.7. The number of nitrogens with zero attached hydrogens (tertiary/aromatic N) is 1. The first kappa shape index (κ1) is 18.8. The van der Waals surface area contributed by atoms with E-state index in [9.17, 15) is 8.42 Å². The van der Waals surface area contributed by atoms with Crippen LogP contribution in [0.4, 0.5) is 5.69 Å². The SMILES string of the molecule is COc1ccc(NS(=O)(=O)c2ccc(-n3c(C)ccc3C)cc2)cc1OC. The monoisotopic (exact) mass is 386 g/mol. The van der Waals surface area contributed by atoms with Crippen LogP contribution in [0.15, 0.2) is 59.5 Å². The van der Waals surface area contributed by atoms with Crippen molar-refractivity contribution < 1.29 is 17.9 Å². The van der Waals surface area contributed by atoms with Crippen LogP contribution in [0.25, 0.3) is 5.69 Å². The van der Waals surface area contributed by atoms with Crippen molar-refractivity contribution in [1.29, 1.82) is 0 Å². The van der Waals surface area contributed by atoms with Crippen LogP contribution in [-0.4, -0.2) is 27.2 Å². The molecule has 3 rings (SSSR count). The molecule has 1 aromatic heterocycles. The normalized spacial score (nSPS) is 11.3. The van der Waals surface area contributed by atoms with Gasteiger partial charge in [-0.15, -0.1) is 0 Å². The molecule has 1 heterocycles. The molecule has 6 nitrogen and oxygen atoms in total. The number of aryl methyl sites for hydroxylation is 2. The van der Waals surface area contributed by atoms with Crippen LogP contribution in [0, 0.1) is 13.8 Å². The van der Waals surface area contributed by atoms with E-state index in [0.717, 1.165) is 17.1 Å². The molecule has 142 valence electrons. The molecule has 7 heteroatoms. The van der Waals surface area contributed by atoms with Gasteiger partial charge in [-0.05, 0) is 62.4 Å². The summed E-state index contributed by atoms with van der Waals surface area (Å²) < 4.78 is 40.4. The summed E-state index contributed by atoms with van der Waals surface area (Å²) in [6.07, 6.45) is 0. The number of rotatable bonds is 6. The molecule has 0 aliphatic heterocycles. The van der Waals surface area contributed by atoms with Gasteiger partial charge < -0.3 is 14.0 Å². The van der Waals surface area contributed by atoms with E-state index in [1.54, 1.807) is 42.5 Å². The Morgan fingerprint density at radius 1 is 0.815 bits per heavy atom. The minimum absolute atomic E-state index is 0.184. The smallest absolute Gasteiger partial charge is 0.261 e. The van der Waals surface area contributed by atoms with Crippen LogP contribution in [-0.2, 0) is 10.0 Å². The van der Waals surface area contributed by atoms with E-state index in [1.807, 2.05) is 26.0 Å². The van der Waals surface area contributed by atoms with Crippen LogP contribution in [0.1, 0.15) is 11.4 Å². The standard InChI is InChI=1S/C20H22N2O4S/c1-14-5-6-15(2)22(14)17-8-10-18(11-9-17)27(23,24)21-16-7-12-19(25-3)20(13-16)26-4/h5-13,21H,1-4H3. The van der Waals surface area contributed by atoms with Gasteiger partial charge >= 0.3 is 0 Å². The summed E-state index contributed by atoms with van der Waals surface area (Å²) in [5.74, 6) is 0.980. The first-order valence-corrected chi connectivity index (χ1v) is 9.84. The quantitative estimate of drug-likeness (QED) is 0.697. The van der Waals surface area contributed by atoms with Gasteiger partial charge in [0.1, 0.15) is 0 Å². The maximum Gasteiger partial charge on any atom is 0.261 e. The van der Waals surface area contributed by atoms with Crippen molar-refractivity contribution in [3.05, 3.63) is 66.0 Å². The summed E-state index contributed by atoms with van der Waals surface area (Å²) in [4.78, 5) is 0.184. The number of nitrogens with one attached hydrogen (secondary N) is 1. The molecule has 27 heavy (non-hydrogen) atoms. The molecule has 0 saturated carbocycles. The van der Waals surface area contributed by atoms with Gasteiger partial charge in [0.25, 0.3) is 10.0 Å². The number of ether oxygens (including phenoxy) is 2. The van der Waals surface area contributed by atoms with Gasteiger partial charge in [-0.3, -0.25) is 4.72 Å². The Bertz CT molecular complexity index is 1030. The Morgan fingerprint density at radius 3 is 1.96 bits per heavy atom. The molecule has 0 unspecified atom stereocenters. The fourth-order valence-electron chi connectivity index (χ4n) is 2.96. The highest BCUT2D eigenvalue weighted by Crippen LogP contribution is 2.31. The van der Waals surface area contributed by atoms with Crippen molar-refractivity contribution >= 4 is 15.7 Å². The predicted octanol–water partition coefficient (Wildman–Crippen LogP) is 3.91. The third-order valence-corrected chi connectivity index (χ3v) is 5.71. The molecule has 0 aliphatic rings. The fraction of sp³-hybridized carbons (Fsp3) is 0.200. The second kappa shape index (κ2) is 7.36. The highest BCUT2D eigenvalue weighted by Gasteiger charge is 2.16. The Balaban J connectivity index is 1.87. The van der Waals surface area contributed by atoms with Crippen molar-refractivity contribution in [2.24, 2.45) is 0 Å². The zero-order valence-corrected chi connectivity index (χ0v) is 16.5. The van der Waals surface area contributed by atoms with Crippen LogP contribution >= 0.6 is 0 Å². The number of aromatic nitrogens is 1. The van der Waals surface area contributed by atoms with E-state index < -0.39 is 10.0 Å². The molecular formula is C20H22N2O4S. The van der Waals surface area contributed by atoms with Gasteiger partial charge in [0.05, 0.1) is 24.8 Å². The number of benzene rings is 2. The number of methoxy groups -OCH3 is 2. The van der Waals surface area contributed by atoms with Gasteiger partial charge in [-0.1, -0.05) is 0 Å². The minimum Gasteiger partial charge on any atom is -0.493 e. The second-order valence-electron chi connectivity index (χ2n) is 6.12. The minimum atomic E-state index is -3.72. The van der Waals surface area contributed by atoms with Crippen molar-refractivity contribution in [3.63, 3.8) is 0 Å². The van der Waals surface area contributed by atoms with Crippen LogP contribution in [0.3, 0.4) is 0 Å². The van der Waals surface area contributed by atoms with Gasteiger partial charge in [0.2, 0.25) is 0 Å². The zero-order valence-electron chi connectivity index (χ0n) is 15.7. The molecule has 0 fully saturated rings. The summed E-state index contributed by atoms with van der Waals surface area (Å²) in [7, 11) is -0.694. The number of anilines is 1. The van der Waals surface area contributed by atoms with Gasteiger partial charge in [0, 0.05) is 23.1 Å². The Morgan fingerprint density at radius 2 is 1.41 bits per heavy atom. The zero-order chi connectivity index (χ0) is 19.6. The number of hydrogen-bond donors (Lipinski definition) is 1. The molecule has 3 aromatic rings. The van der Waals surface area contributed by atoms with E-state index in [1.165, 1.54) is 14.2 Å². The fourth-order valence-corrected chi connectivity index (χ4v) is 4.01. The van der Waals surface area contributed by atoms with Gasteiger partial charge in [-0.2, -0.15) is 0 Å². The molecule has 0 spiro atoms. The molecule has 0 bridgehead atoms. The lowest BCUT2D eigenvalue weighted by molar-refractivity contribution is 0.355. The first-order chi connectivity index (χ1) is 12.9. The van der Waals surface area contributed by atoms with E-state index in [0.29, 0.717) is 17.2 Å². The summed E-state index contributed by atoms with van der Waals surface area (Å²) in [6.45, 7) is 4.02. The Labute approximate surface area is 159 Å². The lowest BCUT2D eigenvalue weighted by Gasteiger charge is -2.13. The average molecular weight is 386 g/mol. The molecule has 0 atom stereocenters. The number of hydrogen-bond acceptors (Lipinski definition) is 4. The molecule has 0 amide bonds. The summed E-state index contributed by atoms with van der Waals surface area (Å²) in [5.41, 5.74) is 3.49. The maximum absolute atomic E-state index is 12.7. The van der Waals surface area contributed by atoms with Crippen LogP contribution < -0.4 is 14.2 Å². The molecule has 0 aliphatic carbocycles. The summed E-state index contributed by atoms with van der Waals surface area (Å²) in [5, 5.41) is 0. The lowest BCUT2D eigenvalue weighted by Crippen LogP contribution is -2.13. The Hall–Kier alpha value is -2.93. The van der Waals surface area contributed by atoms with Crippen LogP contribution in [0.2, 0.25) is 0 Å². The van der Waals surface area contributed by atoms with Crippen molar-refractivity contribution in [3.8, 4) is 17.2 Å². The second-order valence-corrected chi connectivity index (χ2v) is 7.80. The third kappa shape index (κ3) is 3.78. The van der Waals surface area contributed by atoms with E-state index in [2.05, 4.69) is 9.29 Å². The first-order valence-electron chi connectivity index (χ1n) is 8.36. The Kier molecular flexibility index (Phi) is 5.14. The lowest BCUT2D eigenvalue weighted by atomic mass is 10.3. The topological polar surface area (TPSA) is 69.6 Å². The molecular weight excluding hydrogens is 364 g/mol. The van der Waals surface area contributed by atoms with Gasteiger partial charge in [0.15, 0.2) is 11.5 Å². The molecule has 1 N–H and O–H groups in total. The maximum atomic E-state index is 12.7. The third-order valence-electron chi connectivity index (χ3n) is 4.31. The molecule has 2 aromatic carbocycles. The van der Waals surface area contributed by atoms with Crippen molar-refractivity contribution in [2.45, 2.75) is 18.7 Å².